The largest absolute Gasteiger partial charge is 0.449 e. The number of thiol groups is 1. The van der Waals surface area contributed by atoms with Gasteiger partial charge in [0.05, 0.1) is 12.2 Å². The first-order valence-corrected chi connectivity index (χ1v) is 6.45. The molecule has 19 heavy (non-hydrogen) atoms. The lowest BCUT2D eigenvalue weighted by Crippen LogP contribution is -2.28. The quantitative estimate of drug-likeness (QED) is 0.364. The molecule has 0 bridgehead atoms. The van der Waals surface area contributed by atoms with Crippen molar-refractivity contribution in [2.24, 2.45) is 0 Å². The molecular weight excluding hydrogens is 266 g/mol. The molecule has 0 aromatic heterocycles. The SMILES string of the molecule is CCCCOC(=O)NCOC(=O)c1ccc(S)cc1. The third-order valence-electron chi connectivity index (χ3n) is 2.25. The highest BCUT2D eigenvalue weighted by Gasteiger charge is 2.07. The van der Waals surface area contributed by atoms with Crippen molar-refractivity contribution < 1.29 is 19.1 Å². The van der Waals surface area contributed by atoms with Crippen LogP contribution in [0.4, 0.5) is 4.79 Å². The molecule has 0 atom stereocenters. The van der Waals surface area contributed by atoms with Crippen LogP contribution in [0.5, 0.6) is 0 Å². The first kappa shape index (κ1) is 15.4. The first-order valence-electron chi connectivity index (χ1n) is 6.00. The number of benzene rings is 1. The van der Waals surface area contributed by atoms with E-state index in [1.165, 1.54) is 0 Å². The lowest BCUT2D eigenvalue weighted by Gasteiger charge is -2.07. The molecule has 0 fully saturated rings. The topological polar surface area (TPSA) is 64.6 Å². The van der Waals surface area contributed by atoms with Crippen molar-refractivity contribution in [2.75, 3.05) is 13.3 Å². The van der Waals surface area contributed by atoms with Crippen molar-refractivity contribution in [3.63, 3.8) is 0 Å². The maximum Gasteiger partial charge on any atom is 0.409 e. The van der Waals surface area contributed by atoms with Crippen LogP contribution < -0.4 is 5.32 Å². The Bertz CT molecular complexity index is 419. The van der Waals surface area contributed by atoms with Gasteiger partial charge in [0.1, 0.15) is 0 Å². The van der Waals surface area contributed by atoms with E-state index < -0.39 is 12.1 Å². The van der Waals surface area contributed by atoms with Crippen LogP contribution in [0.25, 0.3) is 0 Å². The molecule has 0 heterocycles. The summed E-state index contributed by atoms with van der Waals surface area (Å²) in [7, 11) is 0. The molecule has 0 aliphatic carbocycles. The van der Waals surface area contributed by atoms with E-state index in [1.54, 1.807) is 24.3 Å². The van der Waals surface area contributed by atoms with Crippen molar-refractivity contribution in [3.8, 4) is 0 Å². The van der Waals surface area contributed by atoms with E-state index in [0.717, 1.165) is 17.7 Å². The molecule has 1 aromatic rings. The highest BCUT2D eigenvalue weighted by atomic mass is 32.1. The Kier molecular flexibility index (Phi) is 6.81. The molecule has 1 N–H and O–H groups in total. The van der Waals surface area contributed by atoms with E-state index >= 15 is 0 Å². The fourth-order valence-corrected chi connectivity index (χ4v) is 1.35. The van der Waals surface area contributed by atoms with Crippen LogP contribution >= 0.6 is 12.6 Å². The number of rotatable bonds is 6. The van der Waals surface area contributed by atoms with E-state index in [-0.39, 0.29) is 6.73 Å². The lowest BCUT2D eigenvalue weighted by atomic mass is 10.2. The molecule has 6 heteroatoms. The molecule has 1 aromatic carbocycles. The summed E-state index contributed by atoms with van der Waals surface area (Å²) in [6.07, 6.45) is 1.17. The number of ether oxygens (including phenoxy) is 2. The van der Waals surface area contributed by atoms with Crippen LogP contribution in [0.1, 0.15) is 30.1 Å². The number of nitrogens with one attached hydrogen (secondary N) is 1. The smallest absolute Gasteiger partial charge is 0.409 e. The maximum atomic E-state index is 11.6. The molecule has 0 saturated heterocycles. The third kappa shape index (κ3) is 6.15. The summed E-state index contributed by atoms with van der Waals surface area (Å²) in [5.74, 6) is -0.512. The monoisotopic (exact) mass is 283 g/mol. The van der Waals surface area contributed by atoms with Crippen molar-refractivity contribution in [1.29, 1.82) is 0 Å². The minimum atomic E-state index is -0.591. The standard InChI is InChI=1S/C13H17NO4S/c1-2-3-8-17-13(16)14-9-18-12(15)10-4-6-11(19)7-5-10/h4-7,19H,2-3,8-9H2,1H3,(H,14,16). The Morgan fingerprint density at radius 2 is 1.89 bits per heavy atom. The van der Waals surface area contributed by atoms with Gasteiger partial charge in [-0.3, -0.25) is 5.32 Å². The molecule has 0 unspecified atom stereocenters. The zero-order chi connectivity index (χ0) is 14.1. The summed E-state index contributed by atoms with van der Waals surface area (Å²) in [4.78, 5) is 23.5. The van der Waals surface area contributed by atoms with E-state index in [4.69, 9.17) is 9.47 Å². The van der Waals surface area contributed by atoms with E-state index in [1.807, 2.05) is 6.92 Å². The average molecular weight is 283 g/mol. The van der Waals surface area contributed by atoms with Crippen LogP contribution in [0.2, 0.25) is 0 Å². The lowest BCUT2D eigenvalue weighted by molar-refractivity contribution is 0.0463. The minimum absolute atomic E-state index is 0.216. The van der Waals surface area contributed by atoms with Gasteiger partial charge in [-0.2, -0.15) is 0 Å². The average Bonchev–Trinajstić information content (AvgIpc) is 2.39. The number of esters is 1. The number of carbonyl (C=O) groups is 2. The molecule has 0 saturated carbocycles. The molecule has 5 nitrogen and oxygen atoms in total. The predicted octanol–water partition coefficient (Wildman–Crippen LogP) is 2.62. The van der Waals surface area contributed by atoms with Gasteiger partial charge in [-0.15, -0.1) is 12.6 Å². The summed E-state index contributed by atoms with van der Waals surface area (Å²) >= 11 is 4.11. The molecule has 104 valence electrons. The number of carbonyl (C=O) groups excluding carboxylic acids is 2. The third-order valence-corrected chi connectivity index (χ3v) is 2.55. The summed E-state index contributed by atoms with van der Waals surface area (Å²) in [5, 5.41) is 2.33. The summed E-state index contributed by atoms with van der Waals surface area (Å²) in [6, 6.07) is 6.58. The fraction of sp³-hybridized carbons (Fsp3) is 0.385. The predicted molar refractivity (Wildman–Crippen MR) is 73.4 cm³/mol. The van der Waals surface area contributed by atoms with Gasteiger partial charge in [0.15, 0.2) is 6.73 Å². The van der Waals surface area contributed by atoms with Gasteiger partial charge in [-0.25, -0.2) is 9.59 Å². The van der Waals surface area contributed by atoms with Gasteiger partial charge in [0.25, 0.3) is 0 Å². The molecular formula is C13H17NO4S. The van der Waals surface area contributed by atoms with Gasteiger partial charge >= 0.3 is 12.1 Å². The van der Waals surface area contributed by atoms with E-state index in [0.29, 0.717) is 12.2 Å². The number of unbranched alkanes of at least 4 members (excludes halogenated alkanes) is 1. The zero-order valence-electron chi connectivity index (χ0n) is 10.7. The highest BCUT2D eigenvalue weighted by molar-refractivity contribution is 7.80. The second-order valence-electron chi connectivity index (χ2n) is 3.79. The van der Waals surface area contributed by atoms with Gasteiger partial charge in [-0.1, -0.05) is 13.3 Å². The van der Waals surface area contributed by atoms with Crippen LogP contribution in [-0.4, -0.2) is 25.4 Å². The Hall–Kier alpha value is -1.69. The van der Waals surface area contributed by atoms with Gasteiger partial charge in [0.2, 0.25) is 0 Å². The number of hydrogen-bond acceptors (Lipinski definition) is 5. The molecule has 0 aliphatic heterocycles. The van der Waals surface area contributed by atoms with Crippen molar-refractivity contribution in [3.05, 3.63) is 29.8 Å². The van der Waals surface area contributed by atoms with Gasteiger partial charge in [-0.05, 0) is 30.7 Å². The maximum absolute atomic E-state index is 11.6. The van der Waals surface area contributed by atoms with Crippen LogP contribution in [0.15, 0.2) is 29.2 Å². The molecule has 0 radical (unpaired) electrons. The second kappa shape index (κ2) is 8.42. The van der Waals surface area contributed by atoms with Crippen molar-refractivity contribution >= 4 is 24.7 Å². The van der Waals surface area contributed by atoms with Gasteiger partial charge < -0.3 is 9.47 Å². The van der Waals surface area contributed by atoms with Gasteiger partial charge in [0, 0.05) is 4.90 Å². The number of amides is 1. The molecule has 1 rings (SSSR count). The molecule has 0 aliphatic rings. The molecule has 0 spiro atoms. The Morgan fingerprint density at radius 3 is 2.53 bits per heavy atom. The Morgan fingerprint density at radius 1 is 1.21 bits per heavy atom. The Labute approximate surface area is 117 Å². The summed E-state index contributed by atoms with van der Waals surface area (Å²) in [6.45, 7) is 2.14. The van der Waals surface area contributed by atoms with E-state index in [9.17, 15) is 9.59 Å². The zero-order valence-corrected chi connectivity index (χ0v) is 11.6. The molecule has 1 amide bonds. The minimum Gasteiger partial charge on any atom is -0.449 e. The van der Waals surface area contributed by atoms with Crippen LogP contribution in [-0.2, 0) is 9.47 Å². The highest BCUT2D eigenvalue weighted by Crippen LogP contribution is 2.08. The number of hydrogen-bond donors (Lipinski definition) is 2. The van der Waals surface area contributed by atoms with Crippen LogP contribution in [0, 0.1) is 0 Å². The van der Waals surface area contributed by atoms with E-state index in [2.05, 4.69) is 17.9 Å². The van der Waals surface area contributed by atoms with Crippen molar-refractivity contribution in [2.45, 2.75) is 24.7 Å². The fourth-order valence-electron chi connectivity index (χ4n) is 1.20. The first-order chi connectivity index (χ1) is 9.13. The second-order valence-corrected chi connectivity index (χ2v) is 4.31. The summed E-state index contributed by atoms with van der Waals surface area (Å²) < 4.78 is 9.70. The van der Waals surface area contributed by atoms with Crippen LogP contribution in [0.3, 0.4) is 0 Å². The normalized spacial score (nSPS) is 9.79. The summed E-state index contributed by atoms with van der Waals surface area (Å²) in [5.41, 5.74) is 0.402. The van der Waals surface area contributed by atoms with Crippen molar-refractivity contribution in [1.82, 2.24) is 5.32 Å². The Balaban J connectivity index is 2.23. The number of alkyl carbamates (subject to hydrolysis) is 1.